The highest BCUT2D eigenvalue weighted by Crippen LogP contribution is 2.16. The second-order valence-corrected chi connectivity index (χ2v) is 12.0. The van der Waals surface area contributed by atoms with Crippen molar-refractivity contribution in [2.45, 2.75) is 206 Å². The lowest BCUT2D eigenvalue weighted by Gasteiger charge is -2.16. The number of ether oxygens (including phenoxy) is 1. The van der Waals surface area contributed by atoms with E-state index >= 15 is 0 Å². The Morgan fingerprint density at radius 1 is 0.550 bits per heavy atom. The van der Waals surface area contributed by atoms with Crippen LogP contribution >= 0.6 is 0 Å². The number of hydrogen-bond acceptors (Lipinski definition) is 3. The largest absolute Gasteiger partial charge is 0.481 e. The van der Waals surface area contributed by atoms with Gasteiger partial charge in [0.25, 0.3) is 0 Å². The molecule has 0 spiro atoms. The van der Waals surface area contributed by atoms with Crippen LogP contribution in [-0.2, 0) is 14.3 Å². The second-order valence-electron chi connectivity index (χ2n) is 12.0. The average molecular weight is 565 g/mol. The fourth-order valence-electron chi connectivity index (χ4n) is 5.35. The summed E-state index contributed by atoms with van der Waals surface area (Å²) in [5.41, 5.74) is 0. The smallest absolute Gasteiger partial charge is 0.306 e. The first-order valence-electron chi connectivity index (χ1n) is 17.7. The van der Waals surface area contributed by atoms with Crippen LogP contribution in [0.2, 0.25) is 0 Å². The molecule has 236 valence electrons. The summed E-state index contributed by atoms with van der Waals surface area (Å²) in [6.45, 7) is 4.40. The van der Waals surface area contributed by atoms with E-state index in [0.717, 1.165) is 38.5 Å². The van der Waals surface area contributed by atoms with Crippen LogP contribution in [0.25, 0.3) is 0 Å². The predicted octanol–water partition coefficient (Wildman–Crippen LogP) is 11.9. The fraction of sp³-hybridized carbons (Fsp3) is 0.889. The number of unbranched alkanes of at least 4 members (excludes halogenated alkanes) is 22. The monoisotopic (exact) mass is 565 g/mol. The van der Waals surface area contributed by atoms with Crippen molar-refractivity contribution in [3.8, 4) is 0 Å². The zero-order valence-corrected chi connectivity index (χ0v) is 26.9. The molecule has 0 fully saturated rings. The lowest BCUT2D eigenvalue weighted by atomic mass is 10.0. The van der Waals surface area contributed by atoms with E-state index in [0.29, 0.717) is 12.8 Å². The Morgan fingerprint density at radius 3 is 1.40 bits per heavy atom. The number of carbonyl (C=O) groups is 2. The molecule has 4 nitrogen and oxygen atoms in total. The van der Waals surface area contributed by atoms with E-state index in [4.69, 9.17) is 9.84 Å². The lowest BCUT2D eigenvalue weighted by molar-refractivity contribution is -0.149. The quantitative estimate of drug-likeness (QED) is 0.0501. The molecule has 0 rings (SSSR count). The van der Waals surface area contributed by atoms with Crippen LogP contribution in [0.15, 0.2) is 12.2 Å². The minimum Gasteiger partial charge on any atom is -0.481 e. The van der Waals surface area contributed by atoms with Crippen LogP contribution in [0.3, 0.4) is 0 Å². The van der Waals surface area contributed by atoms with Crippen molar-refractivity contribution in [3.05, 3.63) is 12.2 Å². The Labute approximate surface area is 249 Å². The third kappa shape index (κ3) is 31.2. The van der Waals surface area contributed by atoms with E-state index < -0.39 is 5.97 Å². The van der Waals surface area contributed by atoms with Gasteiger partial charge in [-0.3, -0.25) is 9.59 Å². The Balaban J connectivity index is 3.43. The summed E-state index contributed by atoms with van der Waals surface area (Å²) in [5, 5.41) is 8.64. The molecule has 1 N–H and O–H groups in total. The normalized spacial score (nSPS) is 12.2. The maximum Gasteiger partial charge on any atom is 0.306 e. The molecule has 0 aliphatic rings. The zero-order chi connectivity index (χ0) is 29.4. The van der Waals surface area contributed by atoms with Gasteiger partial charge in [0.2, 0.25) is 0 Å². The van der Waals surface area contributed by atoms with Gasteiger partial charge >= 0.3 is 11.9 Å². The number of rotatable bonds is 32. The Hall–Kier alpha value is -1.32. The maximum atomic E-state index is 12.2. The third-order valence-corrected chi connectivity index (χ3v) is 8.06. The summed E-state index contributed by atoms with van der Waals surface area (Å²) in [6, 6.07) is 0. The van der Waals surface area contributed by atoms with E-state index in [1.807, 2.05) is 0 Å². The minimum absolute atomic E-state index is 0.0102. The summed E-state index contributed by atoms with van der Waals surface area (Å²) in [4.78, 5) is 22.7. The highest BCUT2D eigenvalue weighted by atomic mass is 16.5. The summed E-state index contributed by atoms with van der Waals surface area (Å²) in [7, 11) is 0. The van der Waals surface area contributed by atoms with Gasteiger partial charge in [-0.1, -0.05) is 142 Å². The van der Waals surface area contributed by atoms with Crippen LogP contribution in [-0.4, -0.2) is 23.1 Å². The molecule has 4 heteroatoms. The van der Waals surface area contributed by atoms with Gasteiger partial charge in [-0.05, 0) is 57.8 Å². The zero-order valence-electron chi connectivity index (χ0n) is 26.9. The Kier molecular flexibility index (Phi) is 31.1. The minimum atomic E-state index is -0.667. The van der Waals surface area contributed by atoms with Gasteiger partial charge in [0.1, 0.15) is 6.10 Å². The van der Waals surface area contributed by atoms with Crippen molar-refractivity contribution in [2.24, 2.45) is 0 Å². The molecule has 0 aromatic heterocycles. The van der Waals surface area contributed by atoms with Gasteiger partial charge < -0.3 is 9.84 Å². The number of carboxylic acid groups (broad SMARTS) is 1. The molecule has 0 aromatic carbocycles. The van der Waals surface area contributed by atoms with Crippen LogP contribution in [0, 0.1) is 0 Å². The third-order valence-electron chi connectivity index (χ3n) is 8.06. The fourth-order valence-corrected chi connectivity index (χ4v) is 5.35. The maximum absolute atomic E-state index is 12.2. The van der Waals surface area contributed by atoms with Crippen molar-refractivity contribution in [3.63, 3.8) is 0 Å². The molecule has 0 aliphatic carbocycles. The molecule has 0 amide bonds. The molecule has 1 atom stereocenters. The second kappa shape index (κ2) is 32.2. The number of esters is 1. The first kappa shape index (κ1) is 38.7. The number of aliphatic carboxylic acids is 1. The van der Waals surface area contributed by atoms with Gasteiger partial charge in [0.05, 0.1) is 0 Å². The summed E-state index contributed by atoms with van der Waals surface area (Å²) in [6.07, 6.45) is 38.8. The lowest BCUT2D eigenvalue weighted by Crippen LogP contribution is -2.17. The van der Waals surface area contributed by atoms with Gasteiger partial charge in [0, 0.05) is 12.8 Å². The van der Waals surface area contributed by atoms with Gasteiger partial charge in [-0.25, -0.2) is 0 Å². The predicted molar refractivity (Wildman–Crippen MR) is 172 cm³/mol. The van der Waals surface area contributed by atoms with E-state index in [1.54, 1.807) is 0 Å². The first-order chi connectivity index (χ1) is 19.6. The summed E-state index contributed by atoms with van der Waals surface area (Å²) in [5.74, 6) is -0.657. The molecule has 1 unspecified atom stereocenters. The van der Waals surface area contributed by atoms with E-state index in [2.05, 4.69) is 26.0 Å². The molecule has 0 bridgehead atoms. The highest BCUT2D eigenvalue weighted by molar-refractivity contribution is 5.69. The van der Waals surface area contributed by atoms with E-state index in [-0.39, 0.29) is 12.1 Å². The SMILES string of the molecule is CCCCCC/C=C\CCCCCCCC(=O)OC(CC)CCCCCCCCCCCCCCCCC(=O)O. The molecule has 0 radical (unpaired) electrons. The Morgan fingerprint density at radius 2 is 0.950 bits per heavy atom. The first-order valence-corrected chi connectivity index (χ1v) is 17.7. The molecule has 0 saturated carbocycles. The van der Waals surface area contributed by atoms with Crippen molar-refractivity contribution in [1.82, 2.24) is 0 Å². The van der Waals surface area contributed by atoms with E-state index in [9.17, 15) is 9.59 Å². The molecule has 0 heterocycles. The van der Waals surface area contributed by atoms with Crippen LogP contribution in [0.5, 0.6) is 0 Å². The van der Waals surface area contributed by atoms with Gasteiger partial charge in [-0.2, -0.15) is 0 Å². The standard InChI is InChI=1S/C36H68O4/c1-3-5-6-7-8-9-10-13-18-21-24-27-30-33-36(39)40-34(4-2)31-28-25-22-19-16-14-11-12-15-17-20-23-26-29-32-35(37)38/h9-10,34H,3-8,11-33H2,1-2H3,(H,37,38)/b10-9-. The van der Waals surface area contributed by atoms with Crippen LogP contribution in [0.1, 0.15) is 200 Å². The molecule has 0 aliphatic heterocycles. The van der Waals surface area contributed by atoms with E-state index in [1.165, 1.54) is 135 Å². The van der Waals surface area contributed by atoms with Gasteiger partial charge in [0.15, 0.2) is 0 Å². The van der Waals surface area contributed by atoms with Crippen molar-refractivity contribution in [2.75, 3.05) is 0 Å². The topological polar surface area (TPSA) is 63.6 Å². The van der Waals surface area contributed by atoms with Crippen molar-refractivity contribution < 1.29 is 19.4 Å². The average Bonchev–Trinajstić information content (AvgIpc) is 2.94. The molecule has 40 heavy (non-hydrogen) atoms. The number of carbonyl (C=O) groups excluding carboxylic acids is 1. The van der Waals surface area contributed by atoms with Crippen molar-refractivity contribution in [1.29, 1.82) is 0 Å². The highest BCUT2D eigenvalue weighted by Gasteiger charge is 2.12. The summed E-state index contributed by atoms with van der Waals surface area (Å²) < 4.78 is 5.76. The van der Waals surface area contributed by atoms with Gasteiger partial charge in [-0.15, -0.1) is 0 Å². The number of carboxylic acids is 1. The number of allylic oxidation sites excluding steroid dienone is 2. The molecule has 0 aromatic rings. The molecular weight excluding hydrogens is 496 g/mol. The Bertz CT molecular complexity index is 571. The molecule has 0 saturated heterocycles. The number of hydrogen-bond donors (Lipinski definition) is 1. The van der Waals surface area contributed by atoms with Crippen molar-refractivity contribution >= 4 is 11.9 Å². The molecular formula is C36H68O4. The van der Waals surface area contributed by atoms with Crippen LogP contribution in [0.4, 0.5) is 0 Å². The summed E-state index contributed by atoms with van der Waals surface area (Å²) >= 11 is 0. The van der Waals surface area contributed by atoms with Crippen LogP contribution < -0.4 is 0 Å².